The first-order valence-corrected chi connectivity index (χ1v) is 8.37. The number of nitriles is 1. The molecule has 27 heavy (non-hydrogen) atoms. The number of hydrogen-bond donors (Lipinski definition) is 1. The highest BCUT2D eigenvalue weighted by Gasteiger charge is 2.12. The third-order valence-corrected chi connectivity index (χ3v) is 4.44. The maximum atomic E-state index is 13.5. The number of carbonyl (C=O) groups excluding carboxylic acids is 1. The van der Waals surface area contributed by atoms with E-state index in [0.29, 0.717) is 16.7 Å². The van der Waals surface area contributed by atoms with Crippen molar-refractivity contribution in [3.63, 3.8) is 0 Å². The first-order chi connectivity index (χ1) is 12.9. The molecule has 0 aliphatic heterocycles. The highest BCUT2D eigenvalue weighted by Crippen LogP contribution is 2.25. The van der Waals surface area contributed by atoms with Gasteiger partial charge in [-0.25, -0.2) is 4.39 Å². The number of aryl methyl sites for hydroxylation is 1. The van der Waals surface area contributed by atoms with Crippen LogP contribution in [0.1, 0.15) is 32.9 Å². The van der Waals surface area contributed by atoms with Gasteiger partial charge < -0.3 is 10.3 Å². The summed E-state index contributed by atoms with van der Waals surface area (Å²) >= 11 is 0. The zero-order chi connectivity index (χ0) is 19.6. The van der Waals surface area contributed by atoms with Gasteiger partial charge >= 0.3 is 0 Å². The van der Waals surface area contributed by atoms with E-state index in [1.54, 1.807) is 30.3 Å². The van der Waals surface area contributed by atoms with Crippen molar-refractivity contribution in [3.05, 3.63) is 88.5 Å². The summed E-state index contributed by atoms with van der Waals surface area (Å²) in [6.07, 6.45) is 1.76. The van der Waals surface area contributed by atoms with Gasteiger partial charge in [-0.3, -0.25) is 4.79 Å². The first kappa shape index (κ1) is 18.2. The second kappa shape index (κ2) is 7.30. The van der Waals surface area contributed by atoms with E-state index < -0.39 is 5.91 Å². The highest BCUT2D eigenvalue weighted by molar-refractivity contribution is 5.93. The fraction of sp³-hybridized carbons (Fsp3) is 0.0909. The molecule has 0 spiro atoms. The lowest BCUT2D eigenvalue weighted by molar-refractivity contribution is 0.100. The summed E-state index contributed by atoms with van der Waals surface area (Å²) in [4.78, 5) is 11.3. The molecule has 0 saturated heterocycles. The number of primary amides is 1. The Bertz CT molecular complexity index is 1090. The lowest BCUT2D eigenvalue weighted by Crippen LogP contribution is -2.10. The van der Waals surface area contributed by atoms with Crippen molar-refractivity contribution in [2.75, 3.05) is 0 Å². The summed E-state index contributed by atoms with van der Waals surface area (Å²) in [7, 11) is 0. The molecule has 0 aliphatic carbocycles. The summed E-state index contributed by atoms with van der Waals surface area (Å²) in [5, 5.41) is 9.51. The molecule has 2 aromatic carbocycles. The summed E-state index contributed by atoms with van der Waals surface area (Å²) in [6.45, 7) is 3.90. The fourth-order valence-corrected chi connectivity index (χ4v) is 3.10. The van der Waals surface area contributed by atoms with E-state index in [2.05, 4.69) is 6.07 Å². The SMILES string of the molecule is Cc1cc(/C=C(/C#N)c2cccc(F)c2)c(C)n1-c1ccc(C(N)=O)cc1. The molecule has 3 rings (SSSR count). The van der Waals surface area contributed by atoms with Crippen LogP contribution in [0, 0.1) is 31.0 Å². The van der Waals surface area contributed by atoms with Crippen LogP contribution in [-0.2, 0) is 0 Å². The van der Waals surface area contributed by atoms with Gasteiger partial charge in [0.05, 0.1) is 11.6 Å². The van der Waals surface area contributed by atoms with Crippen LogP contribution < -0.4 is 5.73 Å². The number of aromatic nitrogens is 1. The van der Waals surface area contributed by atoms with Gasteiger partial charge in [-0.15, -0.1) is 0 Å². The maximum absolute atomic E-state index is 13.5. The van der Waals surface area contributed by atoms with Crippen molar-refractivity contribution in [1.29, 1.82) is 5.26 Å². The monoisotopic (exact) mass is 359 g/mol. The Morgan fingerprint density at radius 3 is 2.41 bits per heavy atom. The van der Waals surface area contributed by atoms with E-state index in [-0.39, 0.29) is 5.82 Å². The largest absolute Gasteiger partial charge is 0.366 e. The van der Waals surface area contributed by atoms with Gasteiger partial charge in [-0.2, -0.15) is 5.26 Å². The Morgan fingerprint density at radius 1 is 1.11 bits per heavy atom. The number of nitrogens with zero attached hydrogens (tertiary/aromatic N) is 2. The molecule has 3 aromatic rings. The van der Waals surface area contributed by atoms with Gasteiger partial charge in [0.1, 0.15) is 5.82 Å². The number of carbonyl (C=O) groups is 1. The number of benzene rings is 2. The predicted molar refractivity (Wildman–Crippen MR) is 104 cm³/mol. The molecule has 0 unspecified atom stereocenters. The second-order valence-electron chi connectivity index (χ2n) is 6.25. The molecule has 4 nitrogen and oxygen atoms in total. The van der Waals surface area contributed by atoms with Gasteiger partial charge in [0.25, 0.3) is 0 Å². The van der Waals surface area contributed by atoms with Crippen LogP contribution >= 0.6 is 0 Å². The van der Waals surface area contributed by atoms with E-state index in [1.807, 2.05) is 36.6 Å². The fourth-order valence-electron chi connectivity index (χ4n) is 3.10. The molecule has 0 bridgehead atoms. The first-order valence-electron chi connectivity index (χ1n) is 8.37. The van der Waals surface area contributed by atoms with Crippen LogP contribution in [0.5, 0.6) is 0 Å². The maximum Gasteiger partial charge on any atom is 0.248 e. The topological polar surface area (TPSA) is 71.8 Å². The van der Waals surface area contributed by atoms with E-state index in [4.69, 9.17) is 5.73 Å². The molecule has 0 atom stereocenters. The van der Waals surface area contributed by atoms with Gasteiger partial charge in [-0.05, 0) is 73.5 Å². The molecule has 0 radical (unpaired) electrons. The van der Waals surface area contributed by atoms with Crippen molar-refractivity contribution >= 4 is 17.6 Å². The summed E-state index contributed by atoms with van der Waals surface area (Å²) in [6, 6.07) is 17.1. The van der Waals surface area contributed by atoms with Crippen LogP contribution in [0.25, 0.3) is 17.3 Å². The Morgan fingerprint density at radius 2 is 1.81 bits per heavy atom. The molecule has 1 aromatic heterocycles. The van der Waals surface area contributed by atoms with Crippen LogP contribution in [-0.4, -0.2) is 10.5 Å². The molecule has 0 saturated carbocycles. The average Bonchev–Trinajstić information content (AvgIpc) is 2.93. The highest BCUT2D eigenvalue weighted by atomic mass is 19.1. The van der Waals surface area contributed by atoms with Crippen molar-refractivity contribution in [3.8, 4) is 11.8 Å². The molecular formula is C22H18FN3O. The number of rotatable bonds is 4. The zero-order valence-corrected chi connectivity index (χ0v) is 15.0. The van der Waals surface area contributed by atoms with Gasteiger partial charge in [0.2, 0.25) is 5.91 Å². The number of hydrogen-bond acceptors (Lipinski definition) is 2. The third-order valence-electron chi connectivity index (χ3n) is 4.44. The Hall–Kier alpha value is -3.65. The Kier molecular flexibility index (Phi) is 4.91. The zero-order valence-electron chi connectivity index (χ0n) is 15.0. The van der Waals surface area contributed by atoms with E-state index in [1.165, 1.54) is 12.1 Å². The number of allylic oxidation sites excluding steroid dienone is 1. The van der Waals surface area contributed by atoms with Crippen molar-refractivity contribution in [2.45, 2.75) is 13.8 Å². The van der Waals surface area contributed by atoms with Gasteiger partial charge in [-0.1, -0.05) is 12.1 Å². The van der Waals surface area contributed by atoms with Gasteiger partial charge in [0, 0.05) is 22.6 Å². The average molecular weight is 359 g/mol. The minimum atomic E-state index is -0.472. The number of halogens is 1. The smallest absolute Gasteiger partial charge is 0.248 e. The summed E-state index contributed by atoms with van der Waals surface area (Å²) < 4.78 is 15.5. The molecule has 0 aliphatic rings. The lowest BCUT2D eigenvalue weighted by atomic mass is 10.0. The Labute approximate surface area is 157 Å². The van der Waals surface area contributed by atoms with Crippen molar-refractivity contribution in [1.82, 2.24) is 4.57 Å². The normalized spacial score (nSPS) is 11.3. The van der Waals surface area contributed by atoms with E-state index >= 15 is 0 Å². The predicted octanol–water partition coefficient (Wildman–Crippen LogP) is 4.40. The molecule has 1 heterocycles. The standard InChI is InChI=1S/C22H18FN3O/c1-14-10-18(11-19(13-24)17-4-3-5-20(23)12-17)15(2)26(14)21-8-6-16(7-9-21)22(25)27/h3-12H,1-2H3,(H2,25,27)/b19-11-. The molecule has 0 fully saturated rings. The molecule has 134 valence electrons. The van der Waals surface area contributed by atoms with Crippen LogP contribution in [0.2, 0.25) is 0 Å². The third kappa shape index (κ3) is 3.65. The summed E-state index contributed by atoms with van der Waals surface area (Å²) in [5.74, 6) is -0.853. The number of amides is 1. The van der Waals surface area contributed by atoms with Crippen molar-refractivity contribution in [2.24, 2.45) is 5.73 Å². The minimum absolute atomic E-state index is 0.381. The van der Waals surface area contributed by atoms with Gasteiger partial charge in [0.15, 0.2) is 0 Å². The second-order valence-corrected chi connectivity index (χ2v) is 6.25. The number of nitrogens with two attached hydrogens (primary N) is 1. The van der Waals surface area contributed by atoms with Crippen LogP contribution in [0.4, 0.5) is 4.39 Å². The van der Waals surface area contributed by atoms with Crippen LogP contribution in [0.3, 0.4) is 0 Å². The van der Waals surface area contributed by atoms with E-state index in [9.17, 15) is 14.4 Å². The lowest BCUT2D eigenvalue weighted by Gasteiger charge is -2.10. The quantitative estimate of drug-likeness (QED) is 0.702. The van der Waals surface area contributed by atoms with Crippen molar-refractivity contribution < 1.29 is 9.18 Å². The Balaban J connectivity index is 2.05. The van der Waals surface area contributed by atoms with Crippen LogP contribution in [0.15, 0.2) is 54.6 Å². The molecule has 1 amide bonds. The van der Waals surface area contributed by atoms with E-state index in [0.717, 1.165) is 22.6 Å². The molecule has 5 heteroatoms. The minimum Gasteiger partial charge on any atom is -0.366 e. The summed E-state index contributed by atoms with van der Waals surface area (Å²) in [5.41, 5.74) is 10.3. The molecule has 2 N–H and O–H groups in total. The molecular weight excluding hydrogens is 341 g/mol.